The van der Waals surface area contributed by atoms with E-state index in [1.807, 2.05) is 237 Å². The van der Waals surface area contributed by atoms with Crippen molar-refractivity contribution in [3.05, 3.63) is 273 Å². The molecule has 0 aliphatic heterocycles. The molecular weight excluding hydrogens is 1270 g/mol. The molecule has 0 aliphatic carbocycles. The SMILES string of the molecule is O=S(=O)([O-])c1cc(-c2ccccc2)c2ccc3c(-c4ccccc4)ccnc3c2n1.O=S(=O)([O-])c1cc(-c2ccccc2)c2ccc3c(-c4ccccc4)ccnc3c2n1.O=S(=O)([O-])c1cc(-c2ccccc2)c2ccc3c(-c4ccccc4)ccnc3c2n1.[Fe+3].[NaH]. The van der Waals surface area contributed by atoms with Crippen LogP contribution in [-0.4, -0.2) is 98.4 Å². The van der Waals surface area contributed by atoms with Crippen LogP contribution in [0.3, 0.4) is 0 Å². The van der Waals surface area contributed by atoms with E-state index in [-0.39, 0.29) is 46.6 Å². The van der Waals surface area contributed by atoms with E-state index in [0.717, 1.165) is 82.4 Å². The first-order valence-electron chi connectivity index (χ1n) is 27.9. The normalized spacial score (nSPS) is 11.5. The van der Waals surface area contributed by atoms with Crippen LogP contribution in [0.25, 0.3) is 132 Å². The van der Waals surface area contributed by atoms with Gasteiger partial charge in [0.05, 0.1) is 33.1 Å². The van der Waals surface area contributed by atoms with Gasteiger partial charge in [-0.25, -0.2) is 40.2 Å². The zero-order chi connectivity index (χ0) is 62.2. The van der Waals surface area contributed by atoms with Crippen molar-refractivity contribution in [1.82, 2.24) is 29.9 Å². The topological polar surface area (TPSA) is 249 Å². The van der Waals surface area contributed by atoms with Gasteiger partial charge in [0, 0.05) is 50.9 Å². The van der Waals surface area contributed by atoms with Gasteiger partial charge in [0.25, 0.3) is 0 Å². The van der Waals surface area contributed by atoms with E-state index in [9.17, 15) is 38.9 Å². The van der Waals surface area contributed by atoms with Crippen molar-refractivity contribution in [2.45, 2.75) is 15.1 Å². The molecule has 20 heteroatoms. The van der Waals surface area contributed by atoms with E-state index in [4.69, 9.17) is 0 Å². The minimum absolute atomic E-state index is 0. The Morgan fingerprint density at radius 2 is 0.424 bits per heavy atom. The van der Waals surface area contributed by atoms with Crippen molar-refractivity contribution in [3.63, 3.8) is 0 Å². The molecular formula is C72H46FeN6NaO9S3. The van der Waals surface area contributed by atoms with Gasteiger partial charge in [0.2, 0.25) is 0 Å². The second-order valence-corrected chi connectivity index (χ2v) is 24.7. The second-order valence-electron chi connectivity index (χ2n) is 20.7. The molecule has 0 atom stereocenters. The fourth-order valence-electron chi connectivity index (χ4n) is 11.2. The van der Waals surface area contributed by atoms with E-state index in [1.165, 1.54) is 18.2 Å². The molecule has 445 valence electrons. The predicted molar refractivity (Wildman–Crippen MR) is 355 cm³/mol. The van der Waals surface area contributed by atoms with Crippen molar-refractivity contribution in [2.75, 3.05) is 0 Å². The Morgan fingerprint density at radius 1 is 0.239 bits per heavy atom. The number of rotatable bonds is 9. The van der Waals surface area contributed by atoms with Gasteiger partial charge in [-0.3, -0.25) is 15.0 Å². The van der Waals surface area contributed by atoms with Crippen LogP contribution in [0.4, 0.5) is 0 Å². The molecule has 92 heavy (non-hydrogen) atoms. The third-order valence-corrected chi connectivity index (χ3v) is 17.4. The predicted octanol–water partition coefficient (Wildman–Crippen LogP) is 14.4. The molecule has 6 aromatic heterocycles. The zero-order valence-corrected chi connectivity index (χ0v) is 51.0. The number of hydrogen-bond donors (Lipinski definition) is 0. The molecule has 0 saturated heterocycles. The van der Waals surface area contributed by atoms with Crippen LogP contribution in [0.2, 0.25) is 0 Å². The Hall–Kier alpha value is -9.31. The van der Waals surface area contributed by atoms with Crippen LogP contribution in [-0.2, 0) is 47.4 Å². The van der Waals surface area contributed by atoms with Crippen molar-refractivity contribution in [2.24, 2.45) is 0 Å². The first kappa shape index (κ1) is 64.2. The van der Waals surface area contributed by atoms with Crippen molar-refractivity contribution >= 4 is 125 Å². The van der Waals surface area contributed by atoms with Crippen LogP contribution in [0.5, 0.6) is 0 Å². The van der Waals surface area contributed by atoms with Crippen LogP contribution in [0, 0.1) is 0 Å². The average Bonchev–Trinajstić information content (AvgIpc) is 0.767. The number of hydrogen-bond acceptors (Lipinski definition) is 15. The van der Waals surface area contributed by atoms with Gasteiger partial charge >= 0.3 is 46.6 Å². The summed E-state index contributed by atoms with van der Waals surface area (Å²) in [5, 5.41) is 3.20. The van der Waals surface area contributed by atoms with Crippen LogP contribution >= 0.6 is 0 Å². The van der Waals surface area contributed by atoms with Gasteiger partial charge in [0.15, 0.2) is 0 Å². The number of fused-ring (bicyclic) bond motifs is 9. The van der Waals surface area contributed by atoms with Crippen LogP contribution in [0.1, 0.15) is 0 Å². The molecule has 9 aromatic carbocycles. The van der Waals surface area contributed by atoms with Gasteiger partial charge in [-0.1, -0.05) is 218 Å². The Morgan fingerprint density at radius 3 is 0.620 bits per heavy atom. The molecule has 1 radical (unpaired) electrons. The fraction of sp³-hybridized carbons (Fsp3) is 0. The molecule has 15 rings (SSSR count). The van der Waals surface area contributed by atoms with E-state index < -0.39 is 45.4 Å². The van der Waals surface area contributed by atoms with Crippen molar-refractivity contribution in [3.8, 4) is 66.8 Å². The molecule has 15 nitrogen and oxygen atoms in total. The fourth-order valence-corrected chi connectivity index (χ4v) is 12.6. The van der Waals surface area contributed by atoms with E-state index in [1.54, 1.807) is 18.6 Å². The van der Waals surface area contributed by atoms with Crippen molar-refractivity contribution < 1.29 is 56.0 Å². The maximum atomic E-state index is 11.8. The third kappa shape index (κ3) is 13.1. The van der Waals surface area contributed by atoms with E-state index >= 15 is 0 Å². The van der Waals surface area contributed by atoms with Crippen molar-refractivity contribution in [1.29, 1.82) is 0 Å². The second kappa shape index (κ2) is 26.9. The number of pyridine rings is 6. The molecule has 0 fully saturated rings. The molecule has 6 heterocycles. The minimum atomic E-state index is -4.74. The summed E-state index contributed by atoms with van der Waals surface area (Å²) in [4.78, 5) is 26.2. The molecule has 0 unspecified atom stereocenters. The van der Waals surface area contributed by atoms with Crippen LogP contribution in [0.15, 0.2) is 288 Å². The molecule has 15 aromatic rings. The summed E-state index contributed by atoms with van der Waals surface area (Å²) < 4.78 is 107. The molecule has 0 bridgehead atoms. The molecule has 0 saturated carbocycles. The van der Waals surface area contributed by atoms with Gasteiger partial charge in [-0.15, -0.1) is 0 Å². The summed E-state index contributed by atoms with van der Waals surface area (Å²) in [6.07, 6.45) is 5.02. The summed E-state index contributed by atoms with van der Waals surface area (Å²) in [6.45, 7) is 0. The Labute approximate surface area is 561 Å². The number of benzene rings is 9. The van der Waals surface area contributed by atoms with Gasteiger partial charge in [-0.2, -0.15) is 0 Å². The third-order valence-electron chi connectivity index (χ3n) is 15.3. The summed E-state index contributed by atoms with van der Waals surface area (Å²) in [7, 11) is -14.2. The monoisotopic (exact) mass is 1310 g/mol. The maximum absolute atomic E-state index is 11.8. The molecule has 0 spiro atoms. The standard InChI is InChI=1S/3C24H16N2O3S.Fe.Na.H/c3*27-30(28,29)22-15-21(17-9-5-2-6-10-17)20-12-11-19-18(16-7-3-1-4-8-16)13-14-25-23(19)24(20)26-22;;;/h3*1-15H,(H,27,28,29);;;/q;;;+3;;/p-3. The quantitative estimate of drug-likeness (QED) is 0.0740. The van der Waals surface area contributed by atoms with Gasteiger partial charge in [-0.05, 0) is 103 Å². The van der Waals surface area contributed by atoms with Gasteiger partial charge < -0.3 is 13.7 Å². The number of aromatic nitrogens is 6. The molecule has 0 amide bonds. The van der Waals surface area contributed by atoms with E-state index in [2.05, 4.69) is 29.9 Å². The molecule has 0 aliphatic rings. The summed E-state index contributed by atoms with van der Waals surface area (Å²) in [6, 6.07) is 78.9. The Balaban J connectivity index is 0.000000140. The summed E-state index contributed by atoms with van der Waals surface area (Å²) in [5.74, 6) is 0. The average molecular weight is 1310 g/mol. The van der Waals surface area contributed by atoms with Gasteiger partial charge in [0.1, 0.15) is 45.4 Å². The zero-order valence-electron chi connectivity index (χ0n) is 47.4. The first-order chi connectivity index (χ1) is 43.6. The van der Waals surface area contributed by atoms with E-state index in [0.29, 0.717) is 49.8 Å². The first-order valence-corrected chi connectivity index (χ1v) is 32.2. The summed E-state index contributed by atoms with van der Waals surface area (Å²) in [5.41, 5.74) is 13.0. The molecule has 0 N–H and O–H groups in total. The van der Waals surface area contributed by atoms with Crippen LogP contribution < -0.4 is 0 Å². The Bertz CT molecular complexity index is 5070. The summed E-state index contributed by atoms with van der Waals surface area (Å²) >= 11 is 0. The Kier molecular flexibility index (Phi) is 18.8. The number of nitrogens with zero attached hydrogens (tertiary/aromatic N) is 6.